The van der Waals surface area contributed by atoms with Gasteiger partial charge in [-0.15, -0.1) is 0 Å². The highest BCUT2D eigenvalue weighted by molar-refractivity contribution is 5.82. The minimum absolute atomic E-state index is 0.0177. The maximum absolute atomic E-state index is 12.5. The van der Waals surface area contributed by atoms with Crippen LogP contribution in [-0.2, 0) is 9.53 Å². The predicted octanol–water partition coefficient (Wildman–Crippen LogP) is 3.08. The van der Waals surface area contributed by atoms with Gasteiger partial charge in [-0.3, -0.25) is 0 Å². The summed E-state index contributed by atoms with van der Waals surface area (Å²) in [5, 5.41) is 93.2. The van der Waals surface area contributed by atoms with Crippen molar-refractivity contribution in [3.63, 3.8) is 0 Å². The van der Waals surface area contributed by atoms with Crippen molar-refractivity contribution in [3.05, 3.63) is 72.9 Å². The maximum Gasteiger partial charge on any atom is 0.331 e. The summed E-state index contributed by atoms with van der Waals surface area (Å²) >= 11 is 0. The normalized spacial score (nSPS) is 38.4. The van der Waals surface area contributed by atoms with E-state index in [0.29, 0.717) is 19.3 Å². The third-order valence-corrected chi connectivity index (χ3v) is 8.56. The molecule has 0 bridgehead atoms. The molecule has 1 heterocycles. The molecule has 0 unspecified atom stereocenters. The summed E-state index contributed by atoms with van der Waals surface area (Å²) in [5.41, 5.74) is 0. The minimum atomic E-state index is -1.12. The van der Waals surface area contributed by atoms with Gasteiger partial charge in [-0.2, -0.15) is 0 Å². The Balaban J connectivity index is 2.88. The average Bonchev–Trinajstić information content (AvgIpc) is 2.99. The zero-order valence-electron chi connectivity index (χ0n) is 30.0. The molecule has 0 aromatic heterocycles. The van der Waals surface area contributed by atoms with E-state index in [-0.39, 0.29) is 69.3 Å². The number of hydrogen-bond donors (Lipinski definition) is 9. The van der Waals surface area contributed by atoms with Crippen molar-refractivity contribution in [1.82, 2.24) is 0 Å². The lowest BCUT2D eigenvalue weighted by atomic mass is 9.89. The van der Waals surface area contributed by atoms with E-state index < -0.39 is 60.9 Å². The summed E-state index contributed by atoms with van der Waals surface area (Å²) in [6.45, 7) is 5.86. The van der Waals surface area contributed by atoms with Crippen LogP contribution in [0.2, 0.25) is 0 Å². The summed E-state index contributed by atoms with van der Waals surface area (Å²) in [4.78, 5) is 12.5. The Bertz CT molecular complexity index is 1080. The summed E-state index contributed by atoms with van der Waals surface area (Å²) in [5.74, 6) is -0.483. The van der Waals surface area contributed by atoms with Crippen LogP contribution in [0.25, 0.3) is 0 Å². The molecule has 1 aliphatic rings. The third-order valence-electron chi connectivity index (χ3n) is 8.56. The molecule has 0 spiro atoms. The number of aliphatic hydroxyl groups excluding tert-OH is 9. The lowest BCUT2D eigenvalue weighted by Gasteiger charge is -2.28. The molecule has 0 aromatic carbocycles. The van der Waals surface area contributed by atoms with Crippen molar-refractivity contribution in [1.29, 1.82) is 0 Å². The fourth-order valence-electron chi connectivity index (χ4n) is 6.06. The van der Waals surface area contributed by atoms with Gasteiger partial charge in [0.2, 0.25) is 0 Å². The second kappa shape index (κ2) is 26.3. The van der Waals surface area contributed by atoms with Crippen LogP contribution >= 0.6 is 0 Å². The number of rotatable bonds is 1. The standard InChI is InChI=1S/C39H64O11/c1-27(2)39-28(3)17-18-30(41)20-32(43)22-34(45)24-36(47)26-37(48)25-35(46)23-33(44)21-31(42)19-29(40)15-13-11-9-7-5-4-6-8-10-12-14-16-38(49)50-39/h4-14,16,27-37,39-48H,15,17-26H2,1-3H3/b5-4-,8-6-,9-7-,12-10-,13-11?,16-14-/t28-,29+,30-,31-,32-,33-,34-,35-,36+,37+,39-/m0/s1. The van der Waals surface area contributed by atoms with Crippen LogP contribution in [0.4, 0.5) is 0 Å². The van der Waals surface area contributed by atoms with Gasteiger partial charge >= 0.3 is 5.97 Å². The van der Waals surface area contributed by atoms with Crippen LogP contribution in [0.3, 0.4) is 0 Å². The van der Waals surface area contributed by atoms with E-state index in [1.165, 1.54) is 6.08 Å². The molecule has 0 radical (unpaired) electrons. The van der Waals surface area contributed by atoms with Crippen LogP contribution < -0.4 is 0 Å². The molecule has 0 aromatic rings. The maximum atomic E-state index is 12.5. The highest BCUT2D eigenvalue weighted by atomic mass is 16.5. The van der Waals surface area contributed by atoms with Gasteiger partial charge in [0, 0.05) is 6.08 Å². The summed E-state index contributed by atoms with van der Waals surface area (Å²) in [6.07, 6.45) is 11.9. The van der Waals surface area contributed by atoms with Crippen LogP contribution in [0.5, 0.6) is 0 Å². The molecule has 286 valence electrons. The molecule has 0 saturated heterocycles. The summed E-state index contributed by atoms with van der Waals surface area (Å²) in [7, 11) is 0. The Morgan fingerprint density at radius 2 is 0.840 bits per heavy atom. The highest BCUT2D eigenvalue weighted by Crippen LogP contribution is 2.24. The van der Waals surface area contributed by atoms with Crippen LogP contribution in [0.15, 0.2) is 72.9 Å². The minimum Gasteiger partial charge on any atom is -0.459 e. The number of ether oxygens (including phenoxy) is 1. The Kier molecular flexibility index (Phi) is 24.0. The van der Waals surface area contributed by atoms with Gasteiger partial charge in [0.15, 0.2) is 0 Å². The lowest BCUT2D eigenvalue weighted by Crippen LogP contribution is -2.31. The van der Waals surface area contributed by atoms with E-state index in [2.05, 4.69) is 0 Å². The van der Waals surface area contributed by atoms with Gasteiger partial charge < -0.3 is 50.7 Å². The molecule has 11 heteroatoms. The van der Waals surface area contributed by atoms with Gasteiger partial charge in [0.25, 0.3) is 0 Å². The van der Waals surface area contributed by atoms with Crippen molar-refractivity contribution in [2.75, 3.05) is 0 Å². The van der Waals surface area contributed by atoms with Crippen molar-refractivity contribution in [2.45, 2.75) is 152 Å². The molecular formula is C39H64O11. The second-order valence-electron chi connectivity index (χ2n) is 14.0. The monoisotopic (exact) mass is 708 g/mol. The quantitative estimate of drug-likeness (QED) is 0.181. The fraction of sp³-hybridized carbons (Fsp3) is 0.667. The van der Waals surface area contributed by atoms with E-state index in [4.69, 9.17) is 4.74 Å². The molecule has 0 fully saturated rings. The van der Waals surface area contributed by atoms with Gasteiger partial charge in [0.1, 0.15) is 6.10 Å². The fourth-order valence-corrected chi connectivity index (χ4v) is 6.06. The smallest absolute Gasteiger partial charge is 0.331 e. The first-order valence-electron chi connectivity index (χ1n) is 18.0. The van der Waals surface area contributed by atoms with Crippen molar-refractivity contribution < 1.29 is 55.5 Å². The zero-order valence-corrected chi connectivity index (χ0v) is 30.0. The topological polar surface area (TPSA) is 208 Å². The van der Waals surface area contributed by atoms with Crippen LogP contribution in [-0.4, -0.2) is 113 Å². The molecule has 1 rings (SSSR count). The van der Waals surface area contributed by atoms with Gasteiger partial charge in [-0.1, -0.05) is 87.6 Å². The summed E-state index contributed by atoms with van der Waals surface area (Å²) in [6, 6.07) is 0. The number of allylic oxidation sites excluding steroid dienone is 10. The average molecular weight is 709 g/mol. The number of carbonyl (C=O) groups is 1. The zero-order chi connectivity index (χ0) is 37.5. The number of esters is 1. The largest absolute Gasteiger partial charge is 0.459 e. The molecule has 11 nitrogen and oxygen atoms in total. The van der Waals surface area contributed by atoms with E-state index >= 15 is 0 Å². The van der Waals surface area contributed by atoms with Crippen molar-refractivity contribution >= 4 is 5.97 Å². The van der Waals surface area contributed by atoms with E-state index in [0.717, 1.165) is 0 Å². The third kappa shape index (κ3) is 23.1. The van der Waals surface area contributed by atoms with Crippen molar-refractivity contribution in [3.8, 4) is 0 Å². The molecule has 50 heavy (non-hydrogen) atoms. The Morgan fingerprint density at radius 3 is 1.24 bits per heavy atom. The van der Waals surface area contributed by atoms with Crippen molar-refractivity contribution in [2.24, 2.45) is 11.8 Å². The molecule has 0 aliphatic carbocycles. The molecular weight excluding hydrogens is 644 g/mol. The van der Waals surface area contributed by atoms with Gasteiger partial charge in [-0.05, 0) is 82.5 Å². The second-order valence-corrected chi connectivity index (χ2v) is 14.0. The lowest BCUT2D eigenvalue weighted by molar-refractivity contribution is -0.148. The van der Waals surface area contributed by atoms with E-state index in [1.54, 1.807) is 42.5 Å². The Hall–Kier alpha value is -2.45. The first-order valence-corrected chi connectivity index (χ1v) is 18.0. The molecule has 9 N–H and O–H groups in total. The van der Waals surface area contributed by atoms with E-state index in [9.17, 15) is 50.8 Å². The molecule has 1 aliphatic heterocycles. The summed E-state index contributed by atoms with van der Waals surface area (Å²) < 4.78 is 5.71. The molecule has 0 saturated carbocycles. The van der Waals surface area contributed by atoms with Crippen LogP contribution in [0, 0.1) is 11.8 Å². The van der Waals surface area contributed by atoms with E-state index in [1.807, 2.05) is 45.1 Å². The number of hydrogen-bond acceptors (Lipinski definition) is 11. The number of aliphatic hydroxyl groups is 9. The molecule has 0 amide bonds. The number of carbonyl (C=O) groups excluding carboxylic acids is 1. The highest BCUT2D eigenvalue weighted by Gasteiger charge is 2.27. The Morgan fingerprint density at radius 1 is 0.500 bits per heavy atom. The van der Waals surface area contributed by atoms with Crippen LogP contribution in [0.1, 0.15) is 91.4 Å². The molecule has 11 atom stereocenters. The van der Waals surface area contributed by atoms with Gasteiger partial charge in [-0.25, -0.2) is 4.79 Å². The Labute approximate surface area is 298 Å². The predicted molar refractivity (Wildman–Crippen MR) is 194 cm³/mol. The van der Waals surface area contributed by atoms with Gasteiger partial charge in [0.05, 0.1) is 54.9 Å². The SMILES string of the molecule is CC(C)[C@@H]1OC(=O)\C=C/C=C\C=C/C=C\C=C/C=CC[C@@H](O)C[C@H](O)C[C@H](O)C[C@H](O)C[C@@H](O)C[C@H](O)C[C@@H](O)C[C@@H](O)C[C@@H](O)CC[C@@H]1C. The number of cyclic esters (lactones) is 1. The first-order chi connectivity index (χ1) is 23.7. The first kappa shape index (κ1) is 45.6.